The van der Waals surface area contributed by atoms with E-state index in [9.17, 15) is 18.3 Å². The molecular weight excluding hydrogens is 584 g/mol. The van der Waals surface area contributed by atoms with Gasteiger partial charge in [-0.15, -0.1) is 0 Å². The van der Waals surface area contributed by atoms with Gasteiger partial charge in [-0.3, -0.25) is 4.79 Å². The summed E-state index contributed by atoms with van der Waals surface area (Å²) in [5.41, 5.74) is 3.32. The summed E-state index contributed by atoms with van der Waals surface area (Å²) in [6.07, 6.45) is 10.6. The van der Waals surface area contributed by atoms with Gasteiger partial charge in [0.2, 0.25) is 10.0 Å². The molecule has 0 aromatic heterocycles. The molecular formula is C34H45ClN2O5S. The van der Waals surface area contributed by atoms with Crippen LogP contribution in [0.15, 0.2) is 48.6 Å². The number of unbranched alkanes of at least 4 members (excludes halogenated alkanes) is 1. The molecule has 0 saturated heterocycles. The van der Waals surface area contributed by atoms with Gasteiger partial charge in [-0.05, 0) is 104 Å². The van der Waals surface area contributed by atoms with Crippen LogP contribution in [0.3, 0.4) is 0 Å². The van der Waals surface area contributed by atoms with Crippen molar-refractivity contribution in [3.8, 4) is 5.75 Å². The van der Waals surface area contributed by atoms with Crippen LogP contribution in [0, 0.1) is 17.8 Å². The summed E-state index contributed by atoms with van der Waals surface area (Å²) < 4.78 is 36.0. The van der Waals surface area contributed by atoms with E-state index in [0.717, 1.165) is 69.3 Å². The van der Waals surface area contributed by atoms with Crippen LogP contribution in [0.2, 0.25) is 5.02 Å². The summed E-state index contributed by atoms with van der Waals surface area (Å²) in [4.78, 5) is 15.8. The molecule has 2 N–H and O–H groups in total. The number of rotatable bonds is 3. The van der Waals surface area contributed by atoms with E-state index < -0.39 is 27.3 Å². The lowest BCUT2D eigenvalue weighted by molar-refractivity contribution is 0.0461. The Hall–Kier alpha value is -2.55. The number of nitrogens with one attached hydrogen (secondary N) is 1. The number of sulfonamides is 1. The van der Waals surface area contributed by atoms with Gasteiger partial charge in [0.25, 0.3) is 5.91 Å². The Bertz CT molecular complexity index is 1430. The number of nitrogens with zero attached hydrogens (tertiary/aromatic N) is 1. The van der Waals surface area contributed by atoms with Gasteiger partial charge >= 0.3 is 0 Å². The molecule has 234 valence electrons. The number of anilines is 1. The molecule has 7 nitrogen and oxygen atoms in total. The summed E-state index contributed by atoms with van der Waals surface area (Å²) in [6, 6.07) is 11.1. The molecule has 43 heavy (non-hydrogen) atoms. The number of aliphatic hydroxyl groups is 1. The van der Waals surface area contributed by atoms with Crippen LogP contribution in [-0.2, 0) is 23.1 Å². The molecule has 2 aromatic rings. The van der Waals surface area contributed by atoms with Gasteiger partial charge in [-0.2, -0.15) is 0 Å². The third kappa shape index (κ3) is 7.58. The lowest BCUT2D eigenvalue weighted by Gasteiger charge is -2.42. The Balaban J connectivity index is 1.53. The normalized spacial score (nSPS) is 28.6. The number of aliphatic hydroxyl groups excluding tert-OH is 1. The first-order chi connectivity index (χ1) is 20.7. The van der Waals surface area contributed by atoms with Gasteiger partial charge in [-0.1, -0.05) is 56.5 Å². The van der Waals surface area contributed by atoms with E-state index in [-0.39, 0.29) is 17.4 Å². The SMILES string of the molecule is CCCC[C@H]1[C@H](C)C/C=C/[C@H](O)[C@@H]2CC[C@H]2CN2CCCCc3cc(Cl)ccc3COc3ccc(cc32)C(=O)NS1(=O)=O. The molecule has 5 rings (SSSR count). The van der Waals surface area contributed by atoms with Crippen LogP contribution >= 0.6 is 11.6 Å². The highest BCUT2D eigenvalue weighted by Crippen LogP contribution is 2.41. The van der Waals surface area contributed by atoms with E-state index in [0.29, 0.717) is 36.1 Å². The lowest BCUT2D eigenvalue weighted by atomic mass is 9.70. The number of allylic oxidation sites excluding steroid dienone is 1. The minimum absolute atomic E-state index is 0.138. The van der Waals surface area contributed by atoms with Crippen molar-refractivity contribution in [3.63, 3.8) is 0 Å². The zero-order chi connectivity index (χ0) is 30.6. The summed E-state index contributed by atoms with van der Waals surface area (Å²) >= 11 is 6.32. The van der Waals surface area contributed by atoms with E-state index >= 15 is 0 Å². The van der Waals surface area contributed by atoms with Crippen LogP contribution in [0.5, 0.6) is 5.75 Å². The van der Waals surface area contributed by atoms with Gasteiger partial charge < -0.3 is 14.7 Å². The quantitative estimate of drug-likeness (QED) is 0.369. The monoisotopic (exact) mass is 628 g/mol. The zero-order valence-electron chi connectivity index (χ0n) is 25.3. The number of amides is 1. The maximum Gasteiger partial charge on any atom is 0.264 e. The van der Waals surface area contributed by atoms with Crippen molar-refractivity contribution < 1.29 is 23.1 Å². The topological polar surface area (TPSA) is 95.9 Å². The standard InChI is InChI=1S/C34H45ClN2O5S/c1-3-4-11-33-23(2)8-7-10-31(38)29-16-13-26(29)21-37-18-6-5-9-24-19-28(35)15-12-27(24)22-42-32-17-14-25(20-30(32)37)34(39)36-43(33,40)41/h7,10,12,14-15,17,19-20,23,26,29,31,33,38H,3-6,8-9,11,13,16,18,21-22H2,1-2H3,(H,36,39)/b10-7+/t23-,26+,29-,31+,33+/m1/s1. The molecule has 2 heterocycles. The van der Waals surface area contributed by atoms with Crippen molar-refractivity contribution in [3.05, 3.63) is 70.3 Å². The number of carbonyl (C=O) groups excluding carboxylic acids is 1. The Morgan fingerprint density at radius 2 is 1.95 bits per heavy atom. The summed E-state index contributed by atoms with van der Waals surface area (Å²) in [7, 11) is -3.94. The molecule has 3 aliphatic rings. The van der Waals surface area contributed by atoms with Crippen LogP contribution in [0.4, 0.5) is 5.69 Å². The van der Waals surface area contributed by atoms with Crippen molar-refractivity contribution >= 4 is 33.2 Å². The number of carbonyl (C=O) groups is 1. The molecule has 1 amide bonds. The predicted molar refractivity (Wildman–Crippen MR) is 172 cm³/mol. The van der Waals surface area contributed by atoms with Gasteiger partial charge in [0.05, 0.1) is 17.0 Å². The maximum atomic E-state index is 13.6. The number of halogens is 1. The fourth-order valence-corrected chi connectivity index (χ4v) is 8.70. The summed E-state index contributed by atoms with van der Waals surface area (Å²) in [6.45, 7) is 5.78. The highest BCUT2D eigenvalue weighted by Gasteiger charge is 2.37. The molecule has 0 unspecified atom stereocenters. The second-order valence-electron chi connectivity index (χ2n) is 12.6. The molecule has 2 aromatic carbocycles. The lowest BCUT2D eigenvalue weighted by Crippen LogP contribution is -2.43. The zero-order valence-corrected chi connectivity index (χ0v) is 26.9. The van der Waals surface area contributed by atoms with Crippen molar-refractivity contribution in [1.82, 2.24) is 4.72 Å². The first-order valence-corrected chi connectivity index (χ1v) is 17.8. The van der Waals surface area contributed by atoms with E-state index in [1.807, 2.05) is 44.2 Å². The van der Waals surface area contributed by atoms with Crippen LogP contribution in [0.25, 0.3) is 0 Å². The number of fused-ring (bicyclic) bond motifs is 3. The fraction of sp³-hybridized carbons (Fsp3) is 0.559. The highest BCUT2D eigenvalue weighted by molar-refractivity contribution is 7.90. The minimum Gasteiger partial charge on any atom is -0.487 e. The average Bonchev–Trinajstić information content (AvgIpc) is 2.97. The molecule has 1 aliphatic carbocycles. The second-order valence-corrected chi connectivity index (χ2v) is 14.9. The molecule has 0 spiro atoms. The first kappa shape index (κ1) is 31.9. The smallest absolute Gasteiger partial charge is 0.264 e. The number of hydrogen-bond acceptors (Lipinski definition) is 6. The molecule has 1 fully saturated rings. The molecule has 2 aliphatic heterocycles. The Morgan fingerprint density at radius 3 is 2.72 bits per heavy atom. The number of hydrogen-bond donors (Lipinski definition) is 2. The first-order valence-electron chi connectivity index (χ1n) is 15.9. The highest BCUT2D eigenvalue weighted by atomic mass is 35.5. The van der Waals surface area contributed by atoms with E-state index in [1.54, 1.807) is 18.2 Å². The fourth-order valence-electron chi connectivity index (χ4n) is 6.78. The van der Waals surface area contributed by atoms with Crippen molar-refractivity contribution in [2.75, 3.05) is 18.0 Å². The third-order valence-corrected chi connectivity index (χ3v) is 11.8. The van der Waals surface area contributed by atoms with Gasteiger partial charge in [0, 0.05) is 23.7 Å². The van der Waals surface area contributed by atoms with E-state index in [2.05, 4.69) is 9.62 Å². The molecule has 5 atom stereocenters. The second kappa shape index (κ2) is 14.0. The minimum atomic E-state index is -3.94. The molecule has 1 saturated carbocycles. The Morgan fingerprint density at radius 1 is 1.12 bits per heavy atom. The number of benzene rings is 2. The van der Waals surface area contributed by atoms with Crippen LogP contribution < -0.4 is 14.4 Å². The van der Waals surface area contributed by atoms with Crippen LogP contribution in [-0.4, -0.2) is 43.9 Å². The summed E-state index contributed by atoms with van der Waals surface area (Å²) in [5.74, 6) is 0.257. The largest absolute Gasteiger partial charge is 0.487 e. The molecule has 2 bridgehead atoms. The molecule has 9 heteroatoms. The van der Waals surface area contributed by atoms with Gasteiger partial charge in [-0.25, -0.2) is 13.1 Å². The number of ether oxygens (including phenoxy) is 1. The number of aryl methyl sites for hydroxylation is 1. The van der Waals surface area contributed by atoms with E-state index in [4.69, 9.17) is 16.3 Å². The van der Waals surface area contributed by atoms with E-state index in [1.165, 1.54) is 5.56 Å². The third-order valence-electron chi connectivity index (χ3n) is 9.56. The van der Waals surface area contributed by atoms with Crippen molar-refractivity contribution in [1.29, 1.82) is 0 Å². The Kier molecular flexibility index (Phi) is 10.4. The maximum absolute atomic E-state index is 13.6. The van der Waals surface area contributed by atoms with Gasteiger partial charge in [0.15, 0.2) is 0 Å². The molecule has 0 radical (unpaired) electrons. The predicted octanol–water partition coefficient (Wildman–Crippen LogP) is 6.66. The van der Waals surface area contributed by atoms with Gasteiger partial charge in [0.1, 0.15) is 12.4 Å². The van der Waals surface area contributed by atoms with Crippen molar-refractivity contribution in [2.24, 2.45) is 17.8 Å². The average molecular weight is 629 g/mol. The van der Waals surface area contributed by atoms with Crippen molar-refractivity contribution in [2.45, 2.75) is 89.6 Å². The Labute approximate surface area is 261 Å². The van der Waals surface area contributed by atoms with Crippen LogP contribution in [0.1, 0.15) is 86.7 Å². The summed E-state index contributed by atoms with van der Waals surface area (Å²) in [5, 5.41) is 11.1.